The van der Waals surface area contributed by atoms with Crippen LogP contribution in [-0.4, -0.2) is 30.9 Å². The van der Waals surface area contributed by atoms with Crippen molar-refractivity contribution in [2.45, 2.75) is 18.6 Å². The summed E-state index contributed by atoms with van der Waals surface area (Å²) in [7, 11) is 1.19. The maximum atomic E-state index is 12.8. The lowest BCUT2D eigenvalue weighted by Crippen LogP contribution is -2.45. The number of hydrogen-bond acceptors (Lipinski definition) is 4. The number of nitrogens with one attached hydrogen (secondary N) is 1. The molecule has 2 amide bonds. The van der Waals surface area contributed by atoms with Gasteiger partial charge >= 0.3 is 12.1 Å². The summed E-state index contributed by atoms with van der Waals surface area (Å²) < 4.78 is 43.1. The summed E-state index contributed by atoms with van der Waals surface area (Å²) in [6, 6.07) is 8.72. The van der Waals surface area contributed by atoms with Crippen LogP contribution in [0.3, 0.4) is 0 Å². The Morgan fingerprint density at radius 1 is 1.07 bits per heavy atom. The number of alkyl halides is 3. The molecule has 0 radical (unpaired) electrons. The van der Waals surface area contributed by atoms with Crippen molar-refractivity contribution in [2.75, 3.05) is 7.11 Å². The van der Waals surface area contributed by atoms with Gasteiger partial charge in [-0.2, -0.15) is 13.2 Å². The molecule has 0 bridgehead atoms. The molecule has 3 N–H and O–H groups in total. The van der Waals surface area contributed by atoms with Crippen molar-refractivity contribution in [1.82, 2.24) is 5.32 Å². The number of carbonyl (C=O) groups is 3. The Bertz CT molecular complexity index is 897. The second kappa shape index (κ2) is 8.55. The number of carbonyl (C=O) groups excluding carboxylic acids is 3. The van der Waals surface area contributed by atoms with Gasteiger partial charge in [-0.3, -0.25) is 9.59 Å². The van der Waals surface area contributed by atoms with Gasteiger partial charge in [-0.15, -0.1) is 0 Å². The van der Waals surface area contributed by atoms with Gasteiger partial charge in [0, 0.05) is 12.0 Å². The third-order valence-electron chi connectivity index (χ3n) is 3.89. The van der Waals surface area contributed by atoms with Crippen LogP contribution in [0, 0.1) is 0 Å². The molecule has 9 heteroatoms. The third-order valence-corrected chi connectivity index (χ3v) is 3.89. The lowest BCUT2D eigenvalue weighted by molar-refractivity contribution is -0.137. The molecule has 0 unspecified atom stereocenters. The molecular formula is C19H17F3N2O4. The minimum atomic E-state index is -4.53. The van der Waals surface area contributed by atoms with Gasteiger partial charge in [-0.05, 0) is 29.8 Å². The number of amides is 2. The molecule has 0 fully saturated rings. The van der Waals surface area contributed by atoms with E-state index in [2.05, 4.69) is 10.1 Å². The highest BCUT2D eigenvalue weighted by atomic mass is 19.4. The van der Waals surface area contributed by atoms with Crippen molar-refractivity contribution in [2.24, 2.45) is 5.73 Å². The summed E-state index contributed by atoms with van der Waals surface area (Å²) in [5.74, 6) is -2.26. The summed E-state index contributed by atoms with van der Waals surface area (Å²) in [5, 5.41) is 2.38. The van der Waals surface area contributed by atoms with Crippen LogP contribution in [0.4, 0.5) is 13.2 Å². The number of hydrogen-bond donors (Lipinski definition) is 2. The Morgan fingerprint density at radius 3 is 2.32 bits per heavy atom. The van der Waals surface area contributed by atoms with Crippen LogP contribution >= 0.6 is 0 Å². The van der Waals surface area contributed by atoms with E-state index in [0.717, 1.165) is 12.1 Å². The van der Waals surface area contributed by atoms with Crippen LogP contribution in [0.2, 0.25) is 0 Å². The first-order valence-corrected chi connectivity index (χ1v) is 8.06. The minimum Gasteiger partial charge on any atom is -0.465 e. The summed E-state index contributed by atoms with van der Waals surface area (Å²) >= 11 is 0. The topological polar surface area (TPSA) is 98.5 Å². The summed E-state index contributed by atoms with van der Waals surface area (Å²) in [6.45, 7) is 0. The Labute approximate surface area is 158 Å². The van der Waals surface area contributed by atoms with Gasteiger partial charge < -0.3 is 15.8 Å². The summed E-state index contributed by atoms with van der Waals surface area (Å²) in [6.07, 6.45) is -4.75. The molecule has 148 valence electrons. The number of esters is 1. The molecule has 0 saturated carbocycles. The Morgan fingerprint density at radius 2 is 1.71 bits per heavy atom. The zero-order chi connectivity index (χ0) is 20.9. The molecule has 6 nitrogen and oxygen atoms in total. The maximum absolute atomic E-state index is 12.8. The fourth-order valence-corrected chi connectivity index (χ4v) is 2.48. The van der Waals surface area contributed by atoms with Crippen LogP contribution in [0.15, 0.2) is 48.5 Å². The van der Waals surface area contributed by atoms with E-state index < -0.39 is 35.6 Å². The van der Waals surface area contributed by atoms with E-state index in [1.54, 1.807) is 0 Å². The molecule has 28 heavy (non-hydrogen) atoms. The SMILES string of the molecule is COC(=O)c1cccc(C(=O)N[C@@H](Cc2cccc(C(F)(F)F)c2)C(N)=O)c1. The van der Waals surface area contributed by atoms with E-state index >= 15 is 0 Å². The van der Waals surface area contributed by atoms with Gasteiger partial charge in [0.05, 0.1) is 18.2 Å². The molecule has 0 aromatic heterocycles. The number of ether oxygens (including phenoxy) is 1. The van der Waals surface area contributed by atoms with E-state index in [4.69, 9.17) is 5.73 Å². The molecule has 2 aromatic carbocycles. The van der Waals surface area contributed by atoms with E-state index in [0.29, 0.717) is 0 Å². The second-order valence-corrected chi connectivity index (χ2v) is 5.90. The Hall–Kier alpha value is -3.36. The second-order valence-electron chi connectivity index (χ2n) is 5.90. The first-order chi connectivity index (χ1) is 13.1. The molecule has 2 aromatic rings. The molecule has 0 aliphatic heterocycles. The summed E-state index contributed by atoms with van der Waals surface area (Å²) in [5.41, 5.74) is 4.79. The normalized spacial score (nSPS) is 12.1. The van der Waals surface area contributed by atoms with Gasteiger partial charge in [-0.25, -0.2) is 4.79 Å². The Kier molecular flexibility index (Phi) is 6.40. The number of benzene rings is 2. The number of rotatable bonds is 6. The molecular weight excluding hydrogens is 377 g/mol. The predicted octanol–water partition coefficient (Wildman–Crippen LogP) is 2.32. The standard InChI is InChI=1S/C19H17F3N2O4/c1-28-18(27)13-6-3-5-12(10-13)17(26)24-15(16(23)25)9-11-4-2-7-14(8-11)19(20,21)22/h2-8,10,15H,9H2,1H3,(H2,23,25)(H,24,26)/t15-/m0/s1. The van der Waals surface area contributed by atoms with E-state index in [1.807, 2.05) is 0 Å². The van der Waals surface area contributed by atoms with Crippen LogP contribution in [-0.2, 0) is 22.1 Å². The largest absolute Gasteiger partial charge is 0.465 e. The Balaban J connectivity index is 2.19. The van der Waals surface area contributed by atoms with E-state index in [1.165, 1.54) is 43.5 Å². The molecule has 0 saturated heterocycles. The van der Waals surface area contributed by atoms with Gasteiger partial charge in [-0.1, -0.05) is 24.3 Å². The highest BCUT2D eigenvalue weighted by Gasteiger charge is 2.30. The van der Waals surface area contributed by atoms with Crippen molar-refractivity contribution < 1.29 is 32.3 Å². The molecule has 0 spiro atoms. The highest BCUT2D eigenvalue weighted by molar-refractivity contribution is 5.99. The van der Waals surface area contributed by atoms with Gasteiger partial charge in [0.15, 0.2) is 0 Å². The van der Waals surface area contributed by atoms with Crippen molar-refractivity contribution in [1.29, 1.82) is 0 Å². The first-order valence-electron chi connectivity index (χ1n) is 8.06. The number of primary amides is 1. The zero-order valence-corrected chi connectivity index (χ0v) is 14.7. The van der Waals surface area contributed by atoms with Gasteiger partial charge in [0.1, 0.15) is 6.04 Å². The fraction of sp³-hybridized carbons (Fsp3) is 0.211. The molecule has 0 aliphatic rings. The van der Waals surface area contributed by atoms with Crippen LogP contribution < -0.4 is 11.1 Å². The molecule has 2 rings (SSSR count). The molecule has 0 heterocycles. The zero-order valence-electron chi connectivity index (χ0n) is 14.7. The molecule has 0 aliphatic carbocycles. The maximum Gasteiger partial charge on any atom is 0.416 e. The smallest absolute Gasteiger partial charge is 0.416 e. The number of nitrogens with two attached hydrogens (primary N) is 1. The first kappa shape index (κ1) is 20.9. The van der Waals surface area contributed by atoms with Crippen molar-refractivity contribution in [3.63, 3.8) is 0 Å². The van der Waals surface area contributed by atoms with E-state index in [-0.39, 0.29) is 23.1 Å². The lowest BCUT2D eigenvalue weighted by atomic mass is 10.0. The van der Waals surface area contributed by atoms with Crippen molar-refractivity contribution in [3.8, 4) is 0 Å². The lowest BCUT2D eigenvalue weighted by Gasteiger charge is -2.17. The van der Waals surface area contributed by atoms with Crippen LogP contribution in [0.5, 0.6) is 0 Å². The quantitative estimate of drug-likeness (QED) is 0.735. The molecule has 1 atom stereocenters. The number of methoxy groups -OCH3 is 1. The third kappa shape index (κ3) is 5.32. The van der Waals surface area contributed by atoms with Gasteiger partial charge in [0.25, 0.3) is 5.91 Å². The average Bonchev–Trinajstić information content (AvgIpc) is 2.66. The van der Waals surface area contributed by atoms with Gasteiger partial charge in [0.2, 0.25) is 5.91 Å². The highest BCUT2D eigenvalue weighted by Crippen LogP contribution is 2.29. The fourth-order valence-electron chi connectivity index (χ4n) is 2.48. The predicted molar refractivity (Wildman–Crippen MR) is 93.4 cm³/mol. The number of halogens is 3. The summed E-state index contributed by atoms with van der Waals surface area (Å²) in [4.78, 5) is 35.6. The minimum absolute atomic E-state index is 0.0678. The van der Waals surface area contributed by atoms with E-state index in [9.17, 15) is 27.6 Å². The van der Waals surface area contributed by atoms with Crippen LogP contribution in [0.25, 0.3) is 0 Å². The van der Waals surface area contributed by atoms with Crippen molar-refractivity contribution >= 4 is 17.8 Å². The van der Waals surface area contributed by atoms with Crippen molar-refractivity contribution in [3.05, 3.63) is 70.8 Å². The van der Waals surface area contributed by atoms with Crippen LogP contribution in [0.1, 0.15) is 31.8 Å². The average molecular weight is 394 g/mol. The monoisotopic (exact) mass is 394 g/mol.